The Morgan fingerprint density at radius 3 is 2.50 bits per heavy atom. The van der Waals surface area contributed by atoms with Crippen LogP contribution >= 0.6 is 0 Å². The molecule has 1 nitrogen and oxygen atoms in total. The number of nitrogens with one attached hydrogen (secondary N) is 1. The van der Waals surface area contributed by atoms with Crippen molar-refractivity contribution in [3.63, 3.8) is 0 Å². The Hall–Kier alpha value is -1.76. The first-order chi connectivity index (χ1) is 7.75. The van der Waals surface area contributed by atoms with Crippen LogP contribution in [-0.4, -0.2) is 0 Å². The van der Waals surface area contributed by atoms with Gasteiger partial charge in [0.05, 0.1) is 0 Å². The molecule has 0 aliphatic carbocycles. The van der Waals surface area contributed by atoms with Crippen molar-refractivity contribution in [1.82, 2.24) is 0 Å². The molecule has 0 fully saturated rings. The zero-order valence-electron chi connectivity index (χ0n) is 9.83. The maximum absolute atomic E-state index is 3.44. The zero-order valence-corrected chi connectivity index (χ0v) is 9.83. The molecule has 0 atom stereocenters. The number of anilines is 1. The van der Waals surface area contributed by atoms with E-state index in [1.165, 1.54) is 22.4 Å². The van der Waals surface area contributed by atoms with Gasteiger partial charge in [-0.2, -0.15) is 0 Å². The molecule has 0 amide bonds. The van der Waals surface area contributed by atoms with Crippen LogP contribution in [-0.2, 0) is 6.54 Å². The van der Waals surface area contributed by atoms with Gasteiger partial charge >= 0.3 is 0 Å². The monoisotopic (exact) mass is 211 g/mol. The van der Waals surface area contributed by atoms with Crippen molar-refractivity contribution >= 4 is 5.69 Å². The highest BCUT2D eigenvalue weighted by molar-refractivity contribution is 5.46. The van der Waals surface area contributed by atoms with Crippen molar-refractivity contribution in [2.75, 3.05) is 5.32 Å². The van der Waals surface area contributed by atoms with E-state index < -0.39 is 0 Å². The van der Waals surface area contributed by atoms with E-state index in [2.05, 4.69) is 67.7 Å². The molecular weight excluding hydrogens is 194 g/mol. The van der Waals surface area contributed by atoms with Gasteiger partial charge in [-0.15, -0.1) is 0 Å². The molecule has 1 N–H and O–H groups in total. The number of hydrogen-bond donors (Lipinski definition) is 1. The maximum Gasteiger partial charge on any atom is 0.0403 e. The minimum Gasteiger partial charge on any atom is -0.381 e. The van der Waals surface area contributed by atoms with Crippen molar-refractivity contribution in [3.05, 3.63) is 65.2 Å². The van der Waals surface area contributed by atoms with E-state index in [1.54, 1.807) is 0 Å². The number of benzene rings is 2. The first-order valence-corrected chi connectivity index (χ1v) is 5.61. The molecular formula is C15H17N. The molecule has 0 unspecified atom stereocenters. The average Bonchev–Trinajstić information content (AvgIpc) is 2.28. The Balaban J connectivity index is 2.05. The largest absolute Gasteiger partial charge is 0.381 e. The van der Waals surface area contributed by atoms with Crippen LogP contribution in [0.4, 0.5) is 5.69 Å². The summed E-state index contributed by atoms with van der Waals surface area (Å²) in [6, 6.07) is 16.9. The fourth-order valence-electron chi connectivity index (χ4n) is 1.76. The molecule has 0 saturated heterocycles. The normalized spacial score (nSPS) is 10.1. The molecule has 0 aliphatic heterocycles. The molecule has 82 valence electrons. The topological polar surface area (TPSA) is 12.0 Å². The Morgan fingerprint density at radius 2 is 1.75 bits per heavy atom. The number of aryl methyl sites for hydroxylation is 2. The van der Waals surface area contributed by atoms with E-state index in [1.807, 2.05) is 0 Å². The molecule has 0 spiro atoms. The molecule has 0 aromatic heterocycles. The third kappa shape index (κ3) is 2.63. The van der Waals surface area contributed by atoms with Crippen LogP contribution < -0.4 is 5.32 Å². The van der Waals surface area contributed by atoms with Crippen LogP contribution in [0.2, 0.25) is 0 Å². The molecule has 2 aromatic rings. The summed E-state index contributed by atoms with van der Waals surface area (Å²) in [7, 11) is 0. The van der Waals surface area contributed by atoms with Gasteiger partial charge in [0.25, 0.3) is 0 Å². The molecule has 0 heterocycles. The second kappa shape index (κ2) is 4.84. The predicted molar refractivity (Wildman–Crippen MR) is 69.7 cm³/mol. The highest BCUT2D eigenvalue weighted by Crippen LogP contribution is 2.13. The van der Waals surface area contributed by atoms with Gasteiger partial charge in [-0.05, 0) is 42.7 Å². The van der Waals surface area contributed by atoms with Gasteiger partial charge in [0.2, 0.25) is 0 Å². The van der Waals surface area contributed by atoms with Crippen LogP contribution in [0.25, 0.3) is 0 Å². The third-order valence-corrected chi connectivity index (χ3v) is 2.76. The van der Waals surface area contributed by atoms with Gasteiger partial charge in [0, 0.05) is 12.2 Å². The lowest BCUT2D eigenvalue weighted by molar-refractivity contribution is 1.12. The smallest absolute Gasteiger partial charge is 0.0403 e. The number of rotatable bonds is 3. The van der Waals surface area contributed by atoms with E-state index in [0.29, 0.717) is 0 Å². The predicted octanol–water partition coefficient (Wildman–Crippen LogP) is 3.92. The van der Waals surface area contributed by atoms with Gasteiger partial charge in [-0.1, -0.05) is 36.4 Å². The second-order valence-corrected chi connectivity index (χ2v) is 4.15. The van der Waals surface area contributed by atoms with E-state index in [0.717, 1.165) is 6.54 Å². The van der Waals surface area contributed by atoms with Gasteiger partial charge in [0.1, 0.15) is 0 Å². The minimum absolute atomic E-state index is 0.885. The molecule has 0 saturated carbocycles. The summed E-state index contributed by atoms with van der Waals surface area (Å²) in [5.74, 6) is 0. The fourth-order valence-corrected chi connectivity index (χ4v) is 1.76. The summed E-state index contributed by atoms with van der Waals surface area (Å²) >= 11 is 0. The quantitative estimate of drug-likeness (QED) is 0.811. The average molecular weight is 211 g/mol. The van der Waals surface area contributed by atoms with Crippen molar-refractivity contribution in [3.8, 4) is 0 Å². The van der Waals surface area contributed by atoms with E-state index in [9.17, 15) is 0 Å². The van der Waals surface area contributed by atoms with Crippen LogP contribution in [0, 0.1) is 13.8 Å². The summed E-state index contributed by atoms with van der Waals surface area (Å²) in [4.78, 5) is 0. The van der Waals surface area contributed by atoms with Crippen molar-refractivity contribution in [2.45, 2.75) is 20.4 Å². The Bertz CT molecular complexity index is 474. The zero-order chi connectivity index (χ0) is 11.4. The first-order valence-electron chi connectivity index (χ1n) is 5.61. The Morgan fingerprint density at radius 1 is 0.938 bits per heavy atom. The lowest BCUT2D eigenvalue weighted by atomic mass is 10.1. The summed E-state index contributed by atoms with van der Waals surface area (Å²) < 4.78 is 0. The Labute approximate surface area is 97.1 Å². The second-order valence-electron chi connectivity index (χ2n) is 4.15. The van der Waals surface area contributed by atoms with Gasteiger partial charge in [-0.3, -0.25) is 0 Å². The van der Waals surface area contributed by atoms with Crippen LogP contribution in [0.5, 0.6) is 0 Å². The standard InChI is InChI=1S/C15H17N/c1-12-6-5-9-15(10-12)16-11-14-8-4-3-7-13(14)2/h3-10,16H,11H2,1-2H3. The van der Waals surface area contributed by atoms with E-state index in [-0.39, 0.29) is 0 Å². The first kappa shape index (κ1) is 10.7. The van der Waals surface area contributed by atoms with E-state index in [4.69, 9.17) is 0 Å². The molecule has 0 bridgehead atoms. The summed E-state index contributed by atoms with van der Waals surface area (Å²) in [6.07, 6.45) is 0. The minimum atomic E-state index is 0.885. The third-order valence-electron chi connectivity index (χ3n) is 2.76. The lowest BCUT2D eigenvalue weighted by Gasteiger charge is -2.09. The fraction of sp³-hybridized carbons (Fsp3) is 0.200. The molecule has 0 radical (unpaired) electrons. The van der Waals surface area contributed by atoms with E-state index >= 15 is 0 Å². The SMILES string of the molecule is Cc1cccc(NCc2ccccc2C)c1. The molecule has 1 heteroatoms. The van der Waals surface area contributed by atoms with Crippen LogP contribution in [0.1, 0.15) is 16.7 Å². The molecule has 2 rings (SSSR count). The summed E-state index contributed by atoms with van der Waals surface area (Å²) in [6.45, 7) is 5.14. The van der Waals surface area contributed by atoms with Gasteiger partial charge < -0.3 is 5.32 Å². The van der Waals surface area contributed by atoms with Crippen LogP contribution in [0.3, 0.4) is 0 Å². The molecule has 2 aromatic carbocycles. The lowest BCUT2D eigenvalue weighted by Crippen LogP contribution is -2.00. The highest BCUT2D eigenvalue weighted by atomic mass is 14.9. The van der Waals surface area contributed by atoms with Crippen molar-refractivity contribution in [2.24, 2.45) is 0 Å². The Kier molecular flexibility index (Phi) is 3.25. The van der Waals surface area contributed by atoms with Gasteiger partial charge in [0.15, 0.2) is 0 Å². The van der Waals surface area contributed by atoms with Crippen LogP contribution in [0.15, 0.2) is 48.5 Å². The van der Waals surface area contributed by atoms with Gasteiger partial charge in [-0.25, -0.2) is 0 Å². The number of hydrogen-bond acceptors (Lipinski definition) is 1. The summed E-state index contributed by atoms with van der Waals surface area (Å²) in [5.41, 5.74) is 5.16. The molecule has 0 aliphatic rings. The van der Waals surface area contributed by atoms with Crippen molar-refractivity contribution < 1.29 is 0 Å². The van der Waals surface area contributed by atoms with Crippen molar-refractivity contribution in [1.29, 1.82) is 0 Å². The highest BCUT2D eigenvalue weighted by Gasteiger charge is 1.97. The summed E-state index contributed by atoms with van der Waals surface area (Å²) in [5, 5.41) is 3.44. The maximum atomic E-state index is 3.44. The molecule has 16 heavy (non-hydrogen) atoms.